The van der Waals surface area contributed by atoms with E-state index in [-0.39, 0.29) is 25.0 Å². The molecule has 2 N–H and O–H groups in total. The SMILES string of the molecule is CCOc1c(Cl)cccc1CC(=O)N[C@H](CO)Cc1ccc(C)cc1. The Morgan fingerprint density at radius 3 is 2.60 bits per heavy atom. The van der Waals surface area contributed by atoms with Gasteiger partial charge in [0, 0.05) is 5.56 Å². The van der Waals surface area contributed by atoms with Crippen molar-refractivity contribution in [2.24, 2.45) is 0 Å². The van der Waals surface area contributed by atoms with Crippen LogP contribution in [0.15, 0.2) is 42.5 Å². The summed E-state index contributed by atoms with van der Waals surface area (Å²) in [5.41, 5.74) is 2.99. The van der Waals surface area contributed by atoms with Crippen LogP contribution < -0.4 is 10.1 Å². The van der Waals surface area contributed by atoms with Crippen LogP contribution >= 0.6 is 11.6 Å². The van der Waals surface area contributed by atoms with Crippen molar-refractivity contribution >= 4 is 17.5 Å². The summed E-state index contributed by atoms with van der Waals surface area (Å²) in [5, 5.41) is 13.0. The topological polar surface area (TPSA) is 58.6 Å². The number of carbonyl (C=O) groups excluding carboxylic acids is 1. The van der Waals surface area contributed by atoms with E-state index in [1.165, 1.54) is 5.56 Å². The number of halogens is 1. The largest absolute Gasteiger partial charge is 0.492 e. The molecular weight excluding hydrogens is 338 g/mol. The average Bonchev–Trinajstić information content (AvgIpc) is 2.59. The highest BCUT2D eigenvalue weighted by Crippen LogP contribution is 2.29. The number of hydrogen-bond acceptors (Lipinski definition) is 3. The molecule has 0 radical (unpaired) electrons. The molecular formula is C20H24ClNO3. The summed E-state index contributed by atoms with van der Waals surface area (Å²) in [6.07, 6.45) is 0.733. The normalized spacial score (nSPS) is 11.8. The maximum absolute atomic E-state index is 12.4. The maximum atomic E-state index is 12.4. The molecule has 0 saturated heterocycles. The van der Waals surface area contributed by atoms with E-state index in [0.29, 0.717) is 23.8 Å². The van der Waals surface area contributed by atoms with Gasteiger partial charge >= 0.3 is 0 Å². The van der Waals surface area contributed by atoms with Crippen molar-refractivity contribution in [1.29, 1.82) is 0 Å². The number of ether oxygens (including phenoxy) is 1. The number of amides is 1. The molecule has 0 unspecified atom stereocenters. The number of nitrogens with one attached hydrogen (secondary N) is 1. The Morgan fingerprint density at radius 1 is 1.24 bits per heavy atom. The van der Waals surface area contributed by atoms with E-state index < -0.39 is 0 Å². The molecule has 0 bridgehead atoms. The van der Waals surface area contributed by atoms with Gasteiger partial charge < -0.3 is 15.2 Å². The summed E-state index contributed by atoms with van der Waals surface area (Å²) in [4.78, 5) is 12.4. The predicted molar refractivity (Wildman–Crippen MR) is 100 cm³/mol. The van der Waals surface area contributed by atoms with E-state index in [4.69, 9.17) is 16.3 Å². The first kappa shape index (κ1) is 19.3. The summed E-state index contributed by atoms with van der Waals surface area (Å²) in [6.45, 7) is 4.26. The smallest absolute Gasteiger partial charge is 0.224 e. The van der Waals surface area contributed by atoms with Crippen LogP contribution in [0.4, 0.5) is 0 Å². The molecule has 0 fully saturated rings. The van der Waals surface area contributed by atoms with Gasteiger partial charge in [0.2, 0.25) is 5.91 Å². The number of rotatable bonds is 8. The third-order valence-electron chi connectivity index (χ3n) is 3.88. The van der Waals surface area contributed by atoms with E-state index in [1.807, 2.05) is 44.2 Å². The molecule has 2 aromatic carbocycles. The number of hydrogen-bond donors (Lipinski definition) is 2. The van der Waals surface area contributed by atoms with Gasteiger partial charge in [0.15, 0.2) is 0 Å². The molecule has 0 aliphatic rings. The zero-order valence-electron chi connectivity index (χ0n) is 14.6. The fraction of sp³-hybridized carbons (Fsp3) is 0.350. The van der Waals surface area contributed by atoms with Crippen LogP contribution in [-0.4, -0.2) is 30.3 Å². The van der Waals surface area contributed by atoms with Crippen LogP contribution in [0.5, 0.6) is 5.75 Å². The van der Waals surface area contributed by atoms with Crippen molar-refractivity contribution in [2.75, 3.05) is 13.2 Å². The number of aliphatic hydroxyl groups excluding tert-OH is 1. The van der Waals surface area contributed by atoms with E-state index in [9.17, 15) is 9.90 Å². The third kappa shape index (κ3) is 5.76. The molecule has 25 heavy (non-hydrogen) atoms. The Balaban J connectivity index is 2.00. The molecule has 2 rings (SSSR count). The fourth-order valence-electron chi connectivity index (χ4n) is 2.62. The van der Waals surface area contributed by atoms with E-state index >= 15 is 0 Å². The lowest BCUT2D eigenvalue weighted by Gasteiger charge is -2.17. The van der Waals surface area contributed by atoms with Gasteiger partial charge in [0.1, 0.15) is 5.75 Å². The Kier molecular flexibility index (Phi) is 7.29. The van der Waals surface area contributed by atoms with Crippen molar-refractivity contribution in [2.45, 2.75) is 32.7 Å². The van der Waals surface area contributed by atoms with Crippen LogP contribution in [0.2, 0.25) is 5.02 Å². The van der Waals surface area contributed by atoms with E-state index in [2.05, 4.69) is 5.32 Å². The van der Waals surface area contributed by atoms with Crippen LogP contribution in [-0.2, 0) is 17.6 Å². The Bertz CT molecular complexity index is 701. The standard InChI is InChI=1S/C20H24ClNO3/c1-3-25-20-16(5-4-6-18(20)21)12-19(24)22-17(13-23)11-15-9-7-14(2)8-10-15/h4-10,17,23H,3,11-13H2,1-2H3,(H,22,24)/t17-/m0/s1. The fourth-order valence-corrected chi connectivity index (χ4v) is 2.87. The number of para-hydroxylation sites is 1. The number of aliphatic hydroxyl groups is 1. The summed E-state index contributed by atoms with van der Waals surface area (Å²) in [5.74, 6) is 0.371. The van der Waals surface area contributed by atoms with Crippen molar-refractivity contribution < 1.29 is 14.6 Å². The minimum absolute atomic E-state index is 0.118. The zero-order valence-corrected chi connectivity index (χ0v) is 15.3. The van der Waals surface area contributed by atoms with Crippen molar-refractivity contribution in [3.05, 3.63) is 64.2 Å². The van der Waals surface area contributed by atoms with Crippen molar-refractivity contribution in [1.82, 2.24) is 5.32 Å². The first-order valence-corrected chi connectivity index (χ1v) is 8.77. The molecule has 4 nitrogen and oxygen atoms in total. The lowest BCUT2D eigenvalue weighted by Crippen LogP contribution is -2.40. The minimum Gasteiger partial charge on any atom is -0.492 e. The molecule has 0 heterocycles. The van der Waals surface area contributed by atoms with Gasteiger partial charge in [-0.05, 0) is 31.9 Å². The highest BCUT2D eigenvalue weighted by molar-refractivity contribution is 6.32. The summed E-state index contributed by atoms with van der Waals surface area (Å²) >= 11 is 6.15. The predicted octanol–water partition coefficient (Wildman–Crippen LogP) is 3.31. The molecule has 0 aromatic heterocycles. The van der Waals surface area contributed by atoms with Crippen molar-refractivity contribution in [3.63, 3.8) is 0 Å². The van der Waals surface area contributed by atoms with Gasteiger partial charge in [0.25, 0.3) is 0 Å². The quantitative estimate of drug-likeness (QED) is 0.758. The minimum atomic E-state index is -0.329. The van der Waals surface area contributed by atoms with Crippen molar-refractivity contribution in [3.8, 4) is 5.75 Å². The average molecular weight is 362 g/mol. The Hall–Kier alpha value is -2.04. The maximum Gasteiger partial charge on any atom is 0.224 e. The molecule has 1 atom stereocenters. The molecule has 0 aliphatic heterocycles. The van der Waals surface area contributed by atoms with Crippen LogP contribution in [0.1, 0.15) is 23.6 Å². The van der Waals surface area contributed by atoms with E-state index in [1.54, 1.807) is 12.1 Å². The summed E-state index contributed by atoms with van der Waals surface area (Å²) in [6, 6.07) is 13.1. The van der Waals surface area contributed by atoms with Crippen LogP contribution in [0.3, 0.4) is 0 Å². The van der Waals surface area contributed by atoms with E-state index in [0.717, 1.165) is 11.1 Å². The summed E-state index contributed by atoms with van der Waals surface area (Å²) < 4.78 is 5.55. The second-order valence-corrected chi connectivity index (χ2v) is 6.38. The summed E-state index contributed by atoms with van der Waals surface area (Å²) in [7, 11) is 0. The van der Waals surface area contributed by atoms with Gasteiger partial charge in [-0.25, -0.2) is 0 Å². The lowest BCUT2D eigenvalue weighted by atomic mass is 10.0. The van der Waals surface area contributed by atoms with Gasteiger partial charge in [-0.1, -0.05) is 53.6 Å². The highest BCUT2D eigenvalue weighted by Gasteiger charge is 2.16. The molecule has 0 saturated carbocycles. The second-order valence-electron chi connectivity index (χ2n) is 5.97. The molecule has 5 heteroatoms. The highest BCUT2D eigenvalue weighted by atomic mass is 35.5. The van der Waals surface area contributed by atoms with Gasteiger partial charge in [-0.15, -0.1) is 0 Å². The monoisotopic (exact) mass is 361 g/mol. The van der Waals surface area contributed by atoms with Crippen LogP contribution in [0.25, 0.3) is 0 Å². The lowest BCUT2D eigenvalue weighted by molar-refractivity contribution is -0.121. The van der Waals surface area contributed by atoms with Crippen LogP contribution in [0, 0.1) is 6.92 Å². The van der Waals surface area contributed by atoms with Gasteiger partial charge in [0.05, 0.1) is 30.7 Å². The van der Waals surface area contributed by atoms with Gasteiger partial charge in [-0.2, -0.15) is 0 Å². The Morgan fingerprint density at radius 2 is 1.96 bits per heavy atom. The Labute approximate surface area is 153 Å². The molecule has 2 aromatic rings. The molecule has 134 valence electrons. The molecule has 1 amide bonds. The number of carbonyl (C=O) groups is 1. The first-order valence-electron chi connectivity index (χ1n) is 8.39. The number of aryl methyl sites for hydroxylation is 1. The molecule has 0 aliphatic carbocycles. The number of benzene rings is 2. The second kappa shape index (κ2) is 9.44. The molecule has 0 spiro atoms. The van der Waals surface area contributed by atoms with Gasteiger partial charge in [-0.3, -0.25) is 4.79 Å². The zero-order chi connectivity index (χ0) is 18.2. The first-order chi connectivity index (χ1) is 12.0. The third-order valence-corrected chi connectivity index (χ3v) is 4.17.